The molecule has 11 heteroatoms. The zero-order valence-corrected chi connectivity index (χ0v) is 35.8. The Kier molecular flexibility index (Phi) is 22.3. The molecule has 6 rings (SSSR count). The summed E-state index contributed by atoms with van der Waals surface area (Å²) < 4.78 is 5.49. The molecule has 0 radical (unpaired) electrons. The highest BCUT2D eigenvalue weighted by atomic mass is 32.1. The van der Waals surface area contributed by atoms with E-state index in [0.29, 0.717) is 35.5 Å². The standard InChI is InChI=1S/C8H11N.3C7H12N2.C7H10N2.C6H9NS/c1-7(2)8-5-3-4-6-9-8;1-6(2)7-4-8-9(3)5-7;2*1-6(2)7-4-5-9(3)8-7;1-6(2)7-8-4-3-5-9-7;1-5(2)6-7-3-4-8-6/h3-7H,1-2H3;3*4-6H,1-3H3;3-6H,1-2H3;3-5H,1-2H3. The SMILES string of the molecule is CC(C)c1ccccn1.CC(C)c1ccn(C)n1.CC(C)c1ccn(C)n1.CC(C)c1cnn(C)c1.CC(C)c1ncccn1.CC(C)c1nccs1. The van der Waals surface area contributed by atoms with Crippen LogP contribution in [0.2, 0.25) is 0 Å². The van der Waals surface area contributed by atoms with E-state index in [1.54, 1.807) is 23.7 Å². The number of pyridine rings is 1. The summed E-state index contributed by atoms with van der Waals surface area (Å²) >= 11 is 1.72. The Morgan fingerprint density at radius 3 is 1.25 bits per heavy atom. The van der Waals surface area contributed by atoms with E-state index in [2.05, 4.69) is 118 Å². The van der Waals surface area contributed by atoms with Crippen LogP contribution in [0.15, 0.2) is 91.4 Å². The van der Waals surface area contributed by atoms with Gasteiger partial charge < -0.3 is 0 Å². The molecule has 0 aliphatic heterocycles. The van der Waals surface area contributed by atoms with Crippen molar-refractivity contribution < 1.29 is 0 Å². The lowest BCUT2D eigenvalue weighted by Crippen LogP contribution is -1.93. The van der Waals surface area contributed by atoms with E-state index in [1.807, 2.05) is 114 Å². The van der Waals surface area contributed by atoms with Crippen molar-refractivity contribution >= 4 is 11.3 Å². The van der Waals surface area contributed by atoms with Crippen molar-refractivity contribution in [3.8, 4) is 0 Å². The number of nitrogens with zero attached hydrogens (tertiary/aromatic N) is 10. The highest BCUT2D eigenvalue weighted by molar-refractivity contribution is 7.09. The highest BCUT2D eigenvalue weighted by Gasteiger charge is 2.02. The topological polar surface area (TPSA) is 105 Å². The molecule has 0 aliphatic rings. The van der Waals surface area contributed by atoms with Crippen molar-refractivity contribution in [3.63, 3.8) is 0 Å². The largest absolute Gasteiger partial charge is 0.276 e. The number of thiazole rings is 1. The van der Waals surface area contributed by atoms with Crippen LogP contribution in [0, 0.1) is 0 Å². The third-order valence-electron chi connectivity index (χ3n) is 7.37. The molecule has 0 atom stereocenters. The predicted molar refractivity (Wildman–Crippen MR) is 223 cm³/mol. The van der Waals surface area contributed by atoms with Crippen LogP contribution in [0.3, 0.4) is 0 Å². The zero-order chi connectivity index (χ0) is 39.9. The Hall–Kier alpha value is -4.51. The molecule has 0 bridgehead atoms. The summed E-state index contributed by atoms with van der Waals surface area (Å²) in [7, 11) is 5.81. The van der Waals surface area contributed by atoms with Crippen molar-refractivity contribution in [1.29, 1.82) is 0 Å². The minimum atomic E-state index is 0.436. The number of hydrogen-bond donors (Lipinski definition) is 0. The van der Waals surface area contributed by atoms with Gasteiger partial charge in [-0.2, -0.15) is 15.3 Å². The predicted octanol–water partition coefficient (Wildman–Crippen LogP) is 10.7. The van der Waals surface area contributed by atoms with Gasteiger partial charge in [0.15, 0.2) is 0 Å². The van der Waals surface area contributed by atoms with E-state index < -0.39 is 0 Å². The van der Waals surface area contributed by atoms with Gasteiger partial charge in [0.25, 0.3) is 0 Å². The minimum absolute atomic E-state index is 0.436. The molecule has 0 spiro atoms. The van der Waals surface area contributed by atoms with Gasteiger partial charge in [0, 0.05) is 87.4 Å². The molecule has 10 nitrogen and oxygen atoms in total. The third-order valence-corrected chi connectivity index (χ3v) is 8.45. The Labute approximate surface area is 324 Å². The fourth-order valence-corrected chi connectivity index (χ4v) is 4.72. The molecule has 6 heterocycles. The molecule has 0 amide bonds. The lowest BCUT2D eigenvalue weighted by Gasteiger charge is -2.00. The van der Waals surface area contributed by atoms with Crippen LogP contribution in [0.25, 0.3) is 0 Å². The first-order valence-corrected chi connectivity index (χ1v) is 19.4. The van der Waals surface area contributed by atoms with Gasteiger partial charge >= 0.3 is 0 Å². The van der Waals surface area contributed by atoms with Gasteiger partial charge in [-0.3, -0.25) is 19.0 Å². The molecule has 53 heavy (non-hydrogen) atoms. The van der Waals surface area contributed by atoms with E-state index in [4.69, 9.17) is 0 Å². The fraction of sp³-hybridized carbons (Fsp3) is 0.500. The van der Waals surface area contributed by atoms with Crippen LogP contribution in [-0.2, 0) is 21.1 Å². The third kappa shape index (κ3) is 20.4. The first kappa shape index (κ1) is 46.5. The van der Waals surface area contributed by atoms with Crippen LogP contribution < -0.4 is 0 Å². The summed E-state index contributed by atoms with van der Waals surface area (Å²) in [4.78, 5) is 16.4. The number of aryl methyl sites for hydroxylation is 3. The molecule has 0 fully saturated rings. The molecule has 0 N–H and O–H groups in total. The van der Waals surface area contributed by atoms with Crippen molar-refractivity contribution in [1.82, 2.24) is 49.3 Å². The van der Waals surface area contributed by atoms with E-state index in [0.717, 1.165) is 22.9 Å². The first-order chi connectivity index (χ1) is 25.0. The molecular formula is C42H66N10S. The van der Waals surface area contributed by atoms with Gasteiger partial charge in [0.05, 0.1) is 22.6 Å². The van der Waals surface area contributed by atoms with Gasteiger partial charge in [-0.05, 0) is 59.6 Å². The maximum atomic E-state index is 4.23. The average Bonchev–Trinajstić information content (AvgIpc) is 3.96. The maximum absolute atomic E-state index is 4.23. The Morgan fingerprint density at radius 2 is 1.02 bits per heavy atom. The number of rotatable bonds is 6. The van der Waals surface area contributed by atoms with Crippen molar-refractivity contribution in [3.05, 3.63) is 125 Å². The van der Waals surface area contributed by atoms with Gasteiger partial charge in [0.2, 0.25) is 0 Å². The van der Waals surface area contributed by atoms with E-state index in [1.165, 1.54) is 10.6 Å². The molecular weight excluding hydrogens is 677 g/mol. The molecule has 290 valence electrons. The summed E-state index contributed by atoms with van der Waals surface area (Å²) in [6.45, 7) is 25.6. The molecule has 0 saturated carbocycles. The average molecular weight is 743 g/mol. The lowest BCUT2D eigenvalue weighted by atomic mass is 10.1. The quantitative estimate of drug-likeness (QED) is 0.167. The summed E-state index contributed by atoms with van der Waals surface area (Å²) in [5, 5.41) is 15.7. The van der Waals surface area contributed by atoms with E-state index >= 15 is 0 Å². The Balaban J connectivity index is 0.000000318. The van der Waals surface area contributed by atoms with Gasteiger partial charge in [-0.15, -0.1) is 11.3 Å². The first-order valence-electron chi connectivity index (χ1n) is 18.6. The fourth-order valence-electron chi connectivity index (χ4n) is 4.07. The van der Waals surface area contributed by atoms with E-state index in [9.17, 15) is 0 Å². The highest BCUT2D eigenvalue weighted by Crippen LogP contribution is 2.15. The summed E-state index contributed by atoms with van der Waals surface area (Å²) in [6, 6.07) is 11.9. The van der Waals surface area contributed by atoms with Gasteiger partial charge in [0.1, 0.15) is 5.82 Å². The second kappa shape index (κ2) is 25.5. The number of aromatic nitrogens is 10. The van der Waals surface area contributed by atoms with Crippen molar-refractivity contribution in [2.45, 2.75) is 119 Å². The van der Waals surface area contributed by atoms with Crippen LogP contribution in [0.4, 0.5) is 0 Å². The molecule has 0 aromatic carbocycles. The Morgan fingerprint density at radius 1 is 0.491 bits per heavy atom. The minimum Gasteiger partial charge on any atom is -0.276 e. The molecule has 0 saturated heterocycles. The van der Waals surface area contributed by atoms with Crippen molar-refractivity contribution in [2.24, 2.45) is 21.1 Å². The molecule has 0 aliphatic carbocycles. The maximum Gasteiger partial charge on any atom is 0.130 e. The lowest BCUT2D eigenvalue weighted by molar-refractivity contribution is 0.713. The summed E-state index contributed by atoms with van der Waals surface area (Å²) in [5.74, 6) is 4.18. The van der Waals surface area contributed by atoms with Crippen LogP contribution in [0.1, 0.15) is 152 Å². The van der Waals surface area contributed by atoms with Crippen LogP contribution in [-0.4, -0.2) is 49.3 Å². The molecule has 6 aromatic heterocycles. The Bertz CT molecular complexity index is 1570. The molecule has 0 unspecified atom stereocenters. The summed E-state index contributed by atoms with van der Waals surface area (Å²) in [5.41, 5.74) is 4.80. The van der Waals surface area contributed by atoms with Crippen LogP contribution in [0.5, 0.6) is 0 Å². The second-order valence-corrected chi connectivity index (χ2v) is 15.4. The number of hydrogen-bond acceptors (Lipinski definition) is 8. The van der Waals surface area contributed by atoms with Gasteiger partial charge in [-0.25, -0.2) is 15.0 Å². The second-order valence-electron chi connectivity index (χ2n) is 14.4. The van der Waals surface area contributed by atoms with Crippen molar-refractivity contribution in [2.75, 3.05) is 0 Å². The summed E-state index contributed by atoms with van der Waals surface area (Å²) in [6.07, 6.45) is 15.1. The monoisotopic (exact) mass is 743 g/mol. The van der Waals surface area contributed by atoms with E-state index in [-0.39, 0.29) is 0 Å². The smallest absolute Gasteiger partial charge is 0.130 e. The zero-order valence-electron chi connectivity index (χ0n) is 35.0. The van der Waals surface area contributed by atoms with Crippen LogP contribution >= 0.6 is 11.3 Å². The van der Waals surface area contributed by atoms with Gasteiger partial charge in [-0.1, -0.05) is 89.2 Å². The molecule has 6 aromatic rings. The normalized spacial score (nSPS) is 10.4.